The first-order chi connectivity index (χ1) is 9.29. The first kappa shape index (κ1) is 18.0. The van der Waals surface area contributed by atoms with Crippen molar-refractivity contribution < 1.29 is 0 Å². The molecular formula is C19H39N. The highest BCUT2D eigenvalue weighted by molar-refractivity contribution is 4.90. The topological polar surface area (TPSA) is 12.0 Å². The van der Waals surface area contributed by atoms with E-state index in [1.165, 1.54) is 51.5 Å². The van der Waals surface area contributed by atoms with Gasteiger partial charge in [-0.15, -0.1) is 0 Å². The minimum Gasteiger partial charge on any atom is -0.316 e. The second kappa shape index (κ2) is 7.82. The van der Waals surface area contributed by atoms with Crippen molar-refractivity contribution in [2.24, 2.45) is 22.7 Å². The predicted octanol–water partition coefficient (Wildman–Crippen LogP) is 5.64. The van der Waals surface area contributed by atoms with Gasteiger partial charge in [0.25, 0.3) is 0 Å². The lowest BCUT2D eigenvalue weighted by Crippen LogP contribution is -2.39. The van der Waals surface area contributed by atoms with E-state index < -0.39 is 0 Å². The van der Waals surface area contributed by atoms with Gasteiger partial charge in [-0.1, -0.05) is 54.4 Å². The summed E-state index contributed by atoms with van der Waals surface area (Å²) in [5, 5.41) is 3.65. The smallest absolute Gasteiger partial charge is 0.000769 e. The third-order valence-electron chi connectivity index (χ3n) is 5.51. The minimum absolute atomic E-state index is 0.502. The van der Waals surface area contributed by atoms with Gasteiger partial charge < -0.3 is 5.32 Å². The number of hydrogen-bond donors (Lipinski definition) is 1. The van der Waals surface area contributed by atoms with Crippen LogP contribution in [0.3, 0.4) is 0 Å². The lowest BCUT2D eigenvalue weighted by molar-refractivity contribution is 0.0773. The molecule has 0 aromatic carbocycles. The molecule has 1 nitrogen and oxygen atoms in total. The molecular weight excluding hydrogens is 242 g/mol. The zero-order valence-electron chi connectivity index (χ0n) is 15.0. The maximum Gasteiger partial charge on any atom is 0.000769 e. The maximum atomic E-state index is 3.65. The molecule has 120 valence electrons. The second-order valence-electron chi connectivity index (χ2n) is 8.71. The summed E-state index contributed by atoms with van der Waals surface area (Å²) >= 11 is 0. The van der Waals surface area contributed by atoms with Crippen LogP contribution in [0.25, 0.3) is 0 Å². The van der Waals surface area contributed by atoms with Gasteiger partial charge in [0.05, 0.1) is 0 Å². The molecule has 0 radical (unpaired) electrons. The van der Waals surface area contributed by atoms with Crippen LogP contribution < -0.4 is 5.32 Å². The highest BCUT2D eigenvalue weighted by Gasteiger charge is 2.37. The van der Waals surface area contributed by atoms with E-state index in [1.807, 2.05) is 0 Å². The van der Waals surface area contributed by atoms with Crippen LogP contribution in [0.2, 0.25) is 0 Å². The molecule has 0 bridgehead atoms. The molecule has 1 heteroatoms. The summed E-state index contributed by atoms with van der Waals surface area (Å²) in [4.78, 5) is 0. The first-order valence-corrected chi connectivity index (χ1v) is 9.00. The molecule has 1 N–H and O–H groups in total. The summed E-state index contributed by atoms with van der Waals surface area (Å²) in [6, 6.07) is 0. The van der Waals surface area contributed by atoms with Crippen LogP contribution in [0.5, 0.6) is 0 Å². The molecule has 0 aromatic rings. The van der Waals surface area contributed by atoms with E-state index in [9.17, 15) is 0 Å². The van der Waals surface area contributed by atoms with Gasteiger partial charge in [0.15, 0.2) is 0 Å². The fourth-order valence-corrected chi connectivity index (χ4v) is 3.89. The van der Waals surface area contributed by atoms with Gasteiger partial charge in [0, 0.05) is 6.54 Å². The molecule has 1 aliphatic carbocycles. The lowest BCUT2D eigenvalue weighted by atomic mass is 9.62. The van der Waals surface area contributed by atoms with Gasteiger partial charge in [0.2, 0.25) is 0 Å². The van der Waals surface area contributed by atoms with Gasteiger partial charge in [0.1, 0.15) is 0 Å². The SMILES string of the molecule is CCNCC1(CCCC(C)C)CCC(C(C)(C)C)CC1. The van der Waals surface area contributed by atoms with Crippen LogP contribution in [-0.2, 0) is 0 Å². The van der Waals surface area contributed by atoms with E-state index in [1.54, 1.807) is 0 Å². The average Bonchev–Trinajstić information content (AvgIpc) is 2.35. The van der Waals surface area contributed by atoms with Crippen LogP contribution in [0, 0.1) is 22.7 Å². The van der Waals surface area contributed by atoms with Gasteiger partial charge in [-0.3, -0.25) is 0 Å². The third-order valence-corrected chi connectivity index (χ3v) is 5.51. The summed E-state index contributed by atoms with van der Waals surface area (Å²) < 4.78 is 0. The highest BCUT2D eigenvalue weighted by Crippen LogP contribution is 2.47. The number of nitrogens with one attached hydrogen (secondary N) is 1. The summed E-state index contributed by atoms with van der Waals surface area (Å²) in [5.41, 5.74) is 1.11. The summed E-state index contributed by atoms with van der Waals surface area (Å²) in [7, 11) is 0. The van der Waals surface area contributed by atoms with Crippen molar-refractivity contribution in [3.63, 3.8) is 0 Å². The van der Waals surface area contributed by atoms with Crippen molar-refractivity contribution in [3.05, 3.63) is 0 Å². The van der Waals surface area contributed by atoms with E-state index >= 15 is 0 Å². The van der Waals surface area contributed by atoms with Crippen LogP contribution >= 0.6 is 0 Å². The molecule has 0 heterocycles. The Bertz CT molecular complexity index is 253. The predicted molar refractivity (Wildman–Crippen MR) is 91.1 cm³/mol. The Morgan fingerprint density at radius 3 is 2.20 bits per heavy atom. The van der Waals surface area contributed by atoms with Crippen molar-refractivity contribution in [3.8, 4) is 0 Å². The van der Waals surface area contributed by atoms with E-state index in [0.717, 1.165) is 18.4 Å². The summed E-state index contributed by atoms with van der Waals surface area (Å²) in [6.45, 7) is 16.6. The van der Waals surface area contributed by atoms with Gasteiger partial charge in [-0.05, 0) is 61.3 Å². The van der Waals surface area contributed by atoms with Crippen molar-refractivity contribution in [1.82, 2.24) is 5.32 Å². The molecule has 1 saturated carbocycles. The normalized spacial score (nSPS) is 28.1. The molecule has 0 aliphatic heterocycles. The fraction of sp³-hybridized carbons (Fsp3) is 1.00. The molecule has 0 atom stereocenters. The van der Waals surface area contributed by atoms with Crippen molar-refractivity contribution >= 4 is 0 Å². The molecule has 1 fully saturated rings. The van der Waals surface area contributed by atoms with Gasteiger partial charge in [-0.2, -0.15) is 0 Å². The van der Waals surface area contributed by atoms with Gasteiger partial charge in [-0.25, -0.2) is 0 Å². The number of rotatable bonds is 7. The lowest BCUT2D eigenvalue weighted by Gasteiger charge is -2.44. The Morgan fingerprint density at radius 2 is 1.75 bits per heavy atom. The zero-order chi connectivity index (χ0) is 15.2. The fourth-order valence-electron chi connectivity index (χ4n) is 3.89. The first-order valence-electron chi connectivity index (χ1n) is 9.00. The van der Waals surface area contributed by atoms with Gasteiger partial charge >= 0.3 is 0 Å². The van der Waals surface area contributed by atoms with Crippen molar-refractivity contribution in [2.75, 3.05) is 13.1 Å². The standard InChI is InChI=1S/C19H39N/c1-7-20-15-19(12-8-9-16(2)3)13-10-17(11-14-19)18(4,5)6/h16-17,20H,7-15H2,1-6H3. The third kappa shape index (κ3) is 5.76. The molecule has 0 spiro atoms. The molecule has 0 saturated heterocycles. The Labute approximate surface area is 128 Å². The molecule has 1 rings (SSSR count). The largest absolute Gasteiger partial charge is 0.316 e. The van der Waals surface area contributed by atoms with E-state index in [2.05, 4.69) is 46.9 Å². The molecule has 1 aliphatic rings. The zero-order valence-corrected chi connectivity index (χ0v) is 15.0. The maximum absolute atomic E-state index is 3.65. The highest BCUT2D eigenvalue weighted by atomic mass is 14.9. The Balaban J connectivity index is 2.53. The molecule has 20 heavy (non-hydrogen) atoms. The number of hydrogen-bond acceptors (Lipinski definition) is 1. The van der Waals surface area contributed by atoms with E-state index in [-0.39, 0.29) is 0 Å². The van der Waals surface area contributed by atoms with Crippen LogP contribution in [-0.4, -0.2) is 13.1 Å². The Kier molecular flexibility index (Phi) is 7.04. The molecule has 0 aromatic heterocycles. The van der Waals surface area contributed by atoms with Crippen molar-refractivity contribution in [2.45, 2.75) is 86.5 Å². The van der Waals surface area contributed by atoms with E-state index in [4.69, 9.17) is 0 Å². The molecule has 0 unspecified atom stereocenters. The van der Waals surface area contributed by atoms with Crippen LogP contribution in [0.1, 0.15) is 86.5 Å². The van der Waals surface area contributed by atoms with Crippen molar-refractivity contribution in [1.29, 1.82) is 0 Å². The monoisotopic (exact) mass is 281 g/mol. The summed E-state index contributed by atoms with van der Waals surface area (Å²) in [6.07, 6.45) is 10.0. The quantitative estimate of drug-likeness (QED) is 0.636. The minimum atomic E-state index is 0.502. The molecule has 0 amide bonds. The van der Waals surface area contributed by atoms with E-state index in [0.29, 0.717) is 10.8 Å². The Morgan fingerprint density at radius 1 is 1.15 bits per heavy atom. The van der Waals surface area contributed by atoms with Crippen LogP contribution in [0.15, 0.2) is 0 Å². The Hall–Kier alpha value is -0.0400. The average molecular weight is 282 g/mol. The summed E-state index contributed by atoms with van der Waals surface area (Å²) in [5.74, 6) is 1.79. The van der Waals surface area contributed by atoms with Crippen LogP contribution in [0.4, 0.5) is 0 Å². The second-order valence-corrected chi connectivity index (χ2v) is 8.71.